The SMILES string of the molecule is CC(C)[C@H]1OC[C@@]2(CO)COC3(CCCCC3)[NH+]12. The number of aliphatic hydroxyl groups excluding tert-OH is 1. The van der Waals surface area contributed by atoms with E-state index in [4.69, 9.17) is 9.47 Å². The number of hydrogen-bond acceptors (Lipinski definition) is 3. The lowest BCUT2D eigenvalue weighted by molar-refractivity contribution is -1.02. The molecule has 1 spiro atoms. The van der Waals surface area contributed by atoms with Crippen molar-refractivity contribution in [3.05, 3.63) is 0 Å². The van der Waals surface area contributed by atoms with Crippen LogP contribution in [0.2, 0.25) is 0 Å². The van der Waals surface area contributed by atoms with Crippen molar-refractivity contribution in [1.29, 1.82) is 0 Å². The van der Waals surface area contributed by atoms with Gasteiger partial charge in [0.2, 0.25) is 5.72 Å². The van der Waals surface area contributed by atoms with Gasteiger partial charge < -0.3 is 14.6 Å². The van der Waals surface area contributed by atoms with E-state index >= 15 is 0 Å². The molecule has 3 rings (SSSR count). The molecule has 4 heteroatoms. The third-order valence-corrected chi connectivity index (χ3v) is 5.08. The molecular formula is C14H26NO3+. The van der Waals surface area contributed by atoms with Gasteiger partial charge in [-0.2, -0.15) is 0 Å². The van der Waals surface area contributed by atoms with Crippen LogP contribution < -0.4 is 4.90 Å². The molecule has 0 aromatic rings. The Bertz CT molecular complexity index is 314. The summed E-state index contributed by atoms with van der Waals surface area (Å²) in [6.45, 7) is 5.89. The highest BCUT2D eigenvalue weighted by atomic mass is 16.6. The quantitative estimate of drug-likeness (QED) is 0.747. The van der Waals surface area contributed by atoms with E-state index in [1.165, 1.54) is 24.2 Å². The van der Waals surface area contributed by atoms with Crippen LogP contribution >= 0.6 is 0 Å². The van der Waals surface area contributed by atoms with E-state index in [1.54, 1.807) is 0 Å². The number of aliphatic hydroxyl groups is 1. The molecule has 0 bridgehead atoms. The number of ether oxygens (including phenoxy) is 2. The molecule has 0 radical (unpaired) electrons. The molecule has 2 aliphatic heterocycles. The highest BCUT2D eigenvalue weighted by Crippen LogP contribution is 2.35. The summed E-state index contributed by atoms with van der Waals surface area (Å²) in [7, 11) is 0. The summed E-state index contributed by atoms with van der Waals surface area (Å²) in [5.41, 5.74) is -0.279. The van der Waals surface area contributed by atoms with E-state index in [9.17, 15) is 5.11 Å². The second-order valence-corrected chi connectivity index (χ2v) is 6.67. The summed E-state index contributed by atoms with van der Waals surface area (Å²) in [5.74, 6) is 0.467. The van der Waals surface area contributed by atoms with Crippen molar-refractivity contribution in [2.45, 2.75) is 63.4 Å². The molecule has 2 saturated heterocycles. The normalized spacial score (nSPS) is 42.7. The van der Waals surface area contributed by atoms with Crippen molar-refractivity contribution < 1.29 is 19.5 Å². The second-order valence-electron chi connectivity index (χ2n) is 6.67. The zero-order chi connectivity index (χ0) is 12.8. The van der Waals surface area contributed by atoms with Gasteiger partial charge in [0.25, 0.3) is 0 Å². The fourth-order valence-electron chi connectivity index (χ4n) is 4.17. The maximum Gasteiger partial charge on any atom is 0.204 e. The minimum absolute atomic E-state index is 0.0770. The zero-order valence-electron chi connectivity index (χ0n) is 11.6. The maximum atomic E-state index is 9.86. The minimum atomic E-state index is -0.202. The van der Waals surface area contributed by atoms with Gasteiger partial charge in [-0.25, -0.2) is 0 Å². The minimum Gasteiger partial charge on any atom is -0.390 e. The summed E-state index contributed by atoms with van der Waals surface area (Å²) in [5, 5.41) is 9.86. The van der Waals surface area contributed by atoms with Crippen molar-refractivity contribution in [2.75, 3.05) is 19.8 Å². The van der Waals surface area contributed by atoms with Gasteiger partial charge in [0.1, 0.15) is 19.8 Å². The number of hydrogen-bond donors (Lipinski definition) is 2. The third kappa shape index (κ3) is 1.66. The first kappa shape index (κ1) is 12.9. The van der Waals surface area contributed by atoms with E-state index < -0.39 is 0 Å². The lowest BCUT2D eigenvalue weighted by Gasteiger charge is -2.41. The Hall–Kier alpha value is -0.160. The number of quaternary nitrogens is 1. The molecule has 1 unspecified atom stereocenters. The van der Waals surface area contributed by atoms with Crippen LogP contribution in [-0.2, 0) is 9.47 Å². The number of rotatable bonds is 2. The van der Waals surface area contributed by atoms with Crippen LogP contribution in [0.25, 0.3) is 0 Å². The van der Waals surface area contributed by atoms with Crippen LogP contribution in [0.5, 0.6) is 0 Å². The van der Waals surface area contributed by atoms with Crippen LogP contribution in [0.15, 0.2) is 0 Å². The van der Waals surface area contributed by atoms with Gasteiger partial charge in [-0.15, -0.1) is 0 Å². The van der Waals surface area contributed by atoms with Gasteiger partial charge in [-0.3, -0.25) is 4.90 Å². The molecular weight excluding hydrogens is 230 g/mol. The highest BCUT2D eigenvalue weighted by Gasteiger charge is 2.67. The highest BCUT2D eigenvalue weighted by molar-refractivity contribution is 4.93. The van der Waals surface area contributed by atoms with Crippen LogP contribution in [0, 0.1) is 5.92 Å². The molecule has 0 aromatic heterocycles. The summed E-state index contributed by atoms with van der Waals surface area (Å²) in [6.07, 6.45) is 6.23. The predicted molar refractivity (Wildman–Crippen MR) is 67.1 cm³/mol. The van der Waals surface area contributed by atoms with Gasteiger partial charge in [-0.1, -0.05) is 20.3 Å². The van der Waals surface area contributed by atoms with Crippen LogP contribution in [0.4, 0.5) is 0 Å². The molecule has 3 aliphatic rings. The Morgan fingerprint density at radius 3 is 2.56 bits per heavy atom. The molecule has 3 atom stereocenters. The third-order valence-electron chi connectivity index (χ3n) is 5.08. The standard InChI is InChI=1S/C14H25NO3/c1-11(2)12-15-13(8-16,9-17-12)10-18-14(15)6-4-3-5-7-14/h11-12,16H,3-10H2,1-2H3/p+1/t12-,13+/m1/s1. The average Bonchev–Trinajstić information content (AvgIpc) is 2.90. The van der Waals surface area contributed by atoms with Gasteiger partial charge in [-0.05, 0) is 12.8 Å². The molecule has 1 aliphatic carbocycles. The Morgan fingerprint density at radius 2 is 1.94 bits per heavy atom. The second kappa shape index (κ2) is 4.44. The Kier molecular flexibility index (Phi) is 3.17. The van der Waals surface area contributed by atoms with Gasteiger partial charge >= 0.3 is 0 Å². The van der Waals surface area contributed by atoms with Crippen LogP contribution in [-0.4, -0.2) is 42.4 Å². The fourth-order valence-corrected chi connectivity index (χ4v) is 4.17. The zero-order valence-corrected chi connectivity index (χ0v) is 11.6. The van der Waals surface area contributed by atoms with Crippen molar-refractivity contribution in [3.63, 3.8) is 0 Å². The fraction of sp³-hybridized carbons (Fsp3) is 1.00. The summed E-state index contributed by atoms with van der Waals surface area (Å²) in [4.78, 5) is 1.40. The first-order valence-electron chi connectivity index (χ1n) is 7.38. The van der Waals surface area contributed by atoms with Crippen molar-refractivity contribution in [3.8, 4) is 0 Å². The van der Waals surface area contributed by atoms with E-state index in [2.05, 4.69) is 13.8 Å². The maximum absolute atomic E-state index is 9.86. The predicted octanol–water partition coefficient (Wildman–Crippen LogP) is 0.305. The summed E-state index contributed by atoms with van der Waals surface area (Å²) < 4.78 is 12.3. The first-order valence-corrected chi connectivity index (χ1v) is 7.38. The Balaban J connectivity index is 1.93. The van der Waals surface area contributed by atoms with Crippen LogP contribution in [0.3, 0.4) is 0 Å². The Labute approximate surface area is 109 Å². The van der Waals surface area contributed by atoms with Crippen molar-refractivity contribution in [2.24, 2.45) is 5.92 Å². The molecule has 104 valence electrons. The summed E-state index contributed by atoms with van der Waals surface area (Å²) >= 11 is 0. The Morgan fingerprint density at radius 1 is 1.22 bits per heavy atom. The van der Waals surface area contributed by atoms with E-state index in [-0.39, 0.29) is 24.1 Å². The van der Waals surface area contributed by atoms with Gasteiger partial charge in [0, 0.05) is 18.8 Å². The van der Waals surface area contributed by atoms with Crippen molar-refractivity contribution in [1.82, 2.24) is 0 Å². The van der Waals surface area contributed by atoms with E-state index in [0.717, 1.165) is 12.8 Å². The largest absolute Gasteiger partial charge is 0.390 e. The molecule has 18 heavy (non-hydrogen) atoms. The average molecular weight is 256 g/mol. The molecule has 4 nitrogen and oxygen atoms in total. The smallest absolute Gasteiger partial charge is 0.204 e. The van der Waals surface area contributed by atoms with Gasteiger partial charge in [0.15, 0.2) is 11.8 Å². The monoisotopic (exact) mass is 256 g/mol. The molecule has 3 fully saturated rings. The molecule has 1 saturated carbocycles. The van der Waals surface area contributed by atoms with Gasteiger partial charge in [0.05, 0.1) is 0 Å². The molecule has 0 aromatic carbocycles. The molecule has 2 N–H and O–H groups in total. The van der Waals surface area contributed by atoms with E-state index in [0.29, 0.717) is 19.1 Å². The molecule has 2 heterocycles. The van der Waals surface area contributed by atoms with Crippen LogP contribution in [0.1, 0.15) is 46.0 Å². The van der Waals surface area contributed by atoms with E-state index in [1.807, 2.05) is 0 Å². The summed E-state index contributed by atoms with van der Waals surface area (Å²) in [6, 6.07) is 0. The lowest BCUT2D eigenvalue weighted by atomic mass is 9.88. The van der Waals surface area contributed by atoms with Crippen molar-refractivity contribution >= 4 is 0 Å². The topological polar surface area (TPSA) is 43.1 Å². The first-order chi connectivity index (χ1) is 8.64. The number of nitrogens with one attached hydrogen (secondary N) is 1. The molecule has 0 amide bonds. The number of fused-ring (bicyclic) bond motifs is 2. The lowest BCUT2D eigenvalue weighted by Crippen LogP contribution is -3.27.